The first kappa shape index (κ1) is 20.5. The molecule has 1 amide bonds. The van der Waals surface area contributed by atoms with Gasteiger partial charge in [0, 0.05) is 6.54 Å². The first-order chi connectivity index (χ1) is 11.1. The quantitative estimate of drug-likeness (QED) is 0.588. The molecule has 4 N–H and O–H groups in total. The standard InChI is InChI=1S/C19H32N2O3/c1-14(2)12-20-13-19(24,18(3,4)5)16(21-17(22)23)11-15-9-7-6-8-10-15/h6-10,14,16,20-21,24H,11-13H2,1-5H3,(H,22,23)/t16-,19+/m0/s1. The van der Waals surface area contributed by atoms with E-state index in [1.54, 1.807) is 0 Å². The molecule has 0 saturated heterocycles. The van der Waals surface area contributed by atoms with Crippen LogP contribution in [0.1, 0.15) is 40.2 Å². The van der Waals surface area contributed by atoms with E-state index in [0.29, 0.717) is 18.9 Å². The van der Waals surface area contributed by atoms with Gasteiger partial charge in [0.05, 0.1) is 6.04 Å². The summed E-state index contributed by atoms with van der Waals surface area (Å²) in [5, 5.41) is 26.5. The van der Waals surface area contributed by atoms with Crippen LogP contribution < -0.4 is 10.6 Å². The van der Waals surface area contributed by atoms with E-state index in [2.05, 4.69) is 24.5 Å². The molecule has 0 aliphatic heterocycles. The second-order valence-electron chi connectivity index (χ2n) is 7.89. The SMILES string of the molecule is CC(C)CNC[C@@](O)([C@H](Cc1ccccc1)NC(=O)O)C(C)(C)C. The smallest absolute Gasteiger partial charge is 0.404 e. The van der Waals surface area contributed by atoms with E-state index in [-0.39, 0.29) is 0 Å². The van der Waals surface area contributed by atoms with E-state index in [9.17, 15) is 15.0 Å². The molecular formula is C19H32N2O3. The minimum Gasteiger partial charge on any atom is -0.465 e. The Kier molecular flexibility index (Phi) is 7.24. The van der Waals surface area contributed by atoms with Crippen LogP contribution in [0.15, 0.2) is 30.3 Å². The summed E-state index contributed by atoms with van der Waals surface area (Å²) in [5.74, 6) is 0.453. The van der Waals surface area contributed by atoms with Crippen molar-refractivity contribution in [3.8, 4) is 0 Å². The van der Waals surface area contributed by atoms with Crippen molar-refractivity contribution >= 4 is 6.09 Å². The average molecular weight is 336 g/mol. The first-order valence-electron chi connectivity index (χ1n) is 8.52. The molecule has 1 aromatic rings. The van der Waals surface area contributed by atoms with Gasteiger partial charge in [-0.1, -0.05) is 65.0 Å². The van der Waals surface area contributed by atoms with Crippen molar-refractivity contribution in [2.45, 2.75) is 52.7 Å². The molecule has 0 unspecified atom stereocenters. The molecule has 0 saturated carbocycles. The minimum absolute atomic E-state index is 0.326. The van der Waals surface area contributed by atoms with Gasteiger partial charge in [-0.3, -0.25) is 0 Å². The highest BCUT2D eigenvalue weighted by Crippen LogP contribution is 2.34. The Hall–Kier alpha value is -1.59. The van der Waals surface area contributed by atoms with Crippen LogP contribution in [0.4, 0.5) is 4.79 Å². The molecule has 0 heterocycles. The normalized spacial score (nSPS) is 15.8. The topological polar surface area (TPSA) is 81.6 Å². The summed E-state index contributed by atoms with van der Waals surface area (Å²) in [6, 6.07) is 9.03. The Morgan fingerprint density at radius 1 is 1.17 bits per heavy atom. The zero-order valence-electron chi connectivity index (χ0n) is 15.5. The number of aliphatic hydroxyl groups is 1. The molecule has 136 valence electrons. The van der Waals surface area contributed by atoms with Crippen molar-refractivity contribution in [2.24, 2.45) is 11.3 Å². The maximum absolute atomic E-state index is 11.4. The van der Waals surface area contributed by atoms with Crippen LogP contribution in [0.2, 0.25) is 0 Å². The van der Waals surface area contributed by atoms with E-state index in [4.69, 9.17) is 0 Å². The molecule has 0 aromatic heterocycles. The molecule has 0 bridgehead atoms. The molecule has 5 heteroatoms. The lowest BCUT2D eigenvalue weighted by Gasteiger charge is -2.46. The lowest BCUT2D eigenvalue weighted by molar-refractivity contribution is -0.0832. The number of carboxylic acid groups (broad SMARTS) is 1. The van der Waals surface area contributed by atoms with Crippen molar-refractivity contribution < 1.29 is 15.0 Å². The third-order valence-corrected chi connectivity index (χ3v) is 4.40. The van der Waals surface area contributed by atoms with Crippen LogP contribution in [-0.4, -0.2) is 41.0 Å². The summed E-state index contributed by atoms with van der Waals surface area (Å²) in [6.45, 7) is 11.1. The van der Waals surface area contributed by atoms with Crippen molar-refractivity contribution in [3.05, 3.63) is 35.9 Å². The molecule has 0 aliphatic rings. The van der Waals surface area contributed by atoms with Crippen molar-refractivity contribution in [2.75, 3.05) is 13.1 Å². The highest BCUT2D eigenvalue weighted by atomic mass is 16.4. The molecular weight excluding hydrogens is 304 g/mol. The maximum atomic E-state index is 11.4. The van der Waals surface area contributed by atoms with E-state index in [1.807, 2.05) is 51.1 Å². The molecule has 0 radical (unpaired) electrons. The van der Waals surface area contributed by atoms with Gasteiger partial charge >= 0.3 is 6.09 Å². The minimum atomic E-state index is -1.23. The van der Waals surface area contributed by atoms with Gasteiger partial charge in [0.15, 0.2) is 0 Å². The fourth-order valence-electron chi connectivity index (χ4n) is 2.80. The van der Waals surface area contributed by atoms with Gasteiger partial charge in [-0.25, -0.2) is 4.79 Å². The molecule has 0 aliphatic carbocycles. The van der Waals surface area contributed by atoms with Crippen LogP contribution in [0.25, 0.3) is 0 Å². The van der Waals surface area contributed by atoms with Gasteiger partial charge in [0.25, 0.3) is 0 Å². The highest BCUT2D eigenvalue weighted by Gasteiger charge is 2.47. The van der Waals surface area contributed by atoms with Crippen LogP contribution in [0, 0.1) is 11.3 Å². The first-order valence-corrected chi connectivity index (χ1v) is 8.52. The summed E-state index contributed by atoms with van der Waals surface area (Å²) < 4.78 is 0. The van der Waals surface area contributed by atoms with Crippen molar-refractivity contribution in [3.63, 3.8) is 0 Å². The molecule has 2 atom stereocenters. The molecule has 1 aromatic carbocycles. The predicted molar refractivity (Wildman–Crippen MR) is 97.2 cm³/mol. The fraction of sp³-hybridized carbons (Fsp3) is 0.632. The number of carbonyl (C=O) groups is 1. The molecule has 1 rings (SSSR count). The number of hydrogen-bond donors (Lipinski definition) is 4. The van der Waals surface area contributed by atoms with Gasteiger partial charge in [0.1, 0.15) is 5.60 Å². The second kappa shape index (κ2) is 8.49. The van der Waals surface area contributed by atoms with E-state index >= 15 is 0 Å². The summed E-state index contributed by atoms with van der Waals surface area (Å²) in [5.41, 5.74) is -0.738. The van der Waals surface area contributed by atoms with Crippen LogP contribution in [0.5, 0.6) is 0 Å². The van der Waals surface area contributed by atoms with Crippen LogP contribution in [-0.2, 0) is 6.42 Å². The van der Waals surface area contributed by atoms with Crippen LogP contribution >= 0.6 is 0 Å². The Morgan fingerprint density at radius 3 is 2.21 bits per heavy atom. The van der Waals surface area contributed by atoms with Gasteiger partial charge in [0.2, 0.25) is 0 Å². The van der Waals surface area contributed by atoms with Gasteiger partial charge in [-0.15, -0.1) is 0 Å². The van der Waals surface area contributed by atoms with E-state index in [1.165, 1.54) is 0 Å². The Labute approximate surface area is 145 Å². The average Bonchev–Trinajstić information content (AvgIpc) is 2.45. The van der Waals surface area contributed by atoms with E-state index < -0.39 is 23.2 Å². The lowest BCUT2D eigenvalue weighted by Crippen LogP contribution is -2.64. The zero-order valence-corrected chi connectivity index (χ0v) is 15.5. The lowest BCUT2D eigenvalue weighted by atomic mass is 9.70. The fourth-order valence-corrected chi connectivity index (χ4v) is 2.80. The largest absolute Gasteiger partial charge is 0.465 e. The third kappa shape index (κ3) is 5.80. The maximum Gasteiger partial charge on any atom is 0.404 e. The third-order valence-electron chi connectivity index (χ3n) is 4.40. The number of rotatable bonds is 8. The Balaban J connectivity index is 3.07. The molecule has 0 spiro atoms. The van der Waals surface area contributed by atoms with Gasteiger partial charge in [-0.2, -0.15) is 0 Å². The summed E-state index contributed by atoms with van der Waals surface area (Å²) in [7, 11) is 0. The van der Waals surface area contributed by atoms with Crippen molar-refractivity contribution in [1.29, 1.82) is 0 Å². The van der Waals surface area contributed by atoms with Gasteiger partial charge in [-0.05, 0) is 29.9 Å². The highest BCUT2D eigenvalue weighted by molar-refractivity contribution is 5.65. The van der Waals surface area contributed by atoms with Crippen LogP contribution in [0.3, 0.4) is 0 Å². The Bertz CT molecular complexity index is 511. The summed E-state index contributed by atoms with van der Waals surface area (Å²) in [4.78, 5) is 11.3. The monoisotopic (exact) mass is 336 g/mol. The molecule has 5 nitrogen and oxygen atoms in total. The molecule has 24 heavy (non-hydrogen) atoms. The Morgan fingerprint density at radius 2 is 1.75 bits per heavy atom. The number of benzene rings is 1. The second-order valence-corrected chi connectivity index (χ2v) is 7.89. The zero-order chi connectivity index (χ0) is 18.4. The predicted octanol–water partition coefficient (Wildman–Crippen LogP) is 2.89. The van der Waals surface area contributed by atoms with Gasteiger partial charge < -0.3 is 20.8 Å². The van der Waals surface area contributed by atoms with Crippen molar-refractivity contribution in [1.82, 2.24) is 10.6 Å². The number of hydrogen-bond acceptors (Lipinski definition) is 3. The number of amides is 1. The summed E-state index contributed by atoms with van der Waals surface area (Å²) in [6.07, 6.45) is -0.688. The summed E-state index contributed by atoms with van der Waals surface area (Å²) >= 11 is 0. The molecule has 0 fully saturated rings. The number of nitrogens with one attached hydrogen (secondary N) is 2. The van der Waals surface area contributed by atoms with E-state index in [0.717, 1.165) is 12.1 Å².